The molecule has 2 atom stereocenters. The van der Waals surface area contributed by atoms with Crippen molar-refractivity contribution in [3.63, 3.8) is 0 Å². The highest BCUT2D eigenvalue weighted by Gasteiger charge is 2.31. The molecule has 0 bridgehead atoms. The first-order valence-corrected chi connectivity index (χ1v) is 5.56. The summed E-state index contributed by atoms with van der Waals surface area (Å²) in [6.07, 6.45) is 3.53. The van der Waals surface area contributed by atoms with Crippen LogP contribution in [-0.2, 0) is 4.79 Å². The minimum atomic E-state index is 0.289. The molecule has 3 heteroatoms. The van der Waals surface area contributed by atoms with E-state index < -0.39 is 0 Å². The molecule has 14 heavy (non-hydrogen) atoms. The number of nitrogens with zero attached hydrogens (tertiary/aromatic N) is 1. The van der Waals surface area contributed by atoms with E-state index in [0.717, 1.165) is 19.5 Å². The van der Waals surface area contributed by atoms with Crippen molar-refractivity contribution in [1.29, 1.82) is 0 Å². The summed E-state index contributed by atoms with van der Waals surface area (Å²) < 4.78 is 0. The molecule has 1 amide bonds. The average Bonchev–Trinajstić information content (AvgIpc) is 2.59. The number of nitrogens with one attached hydrogen (secondary N) is 1. The average molecular weight is 198 g/mol. The van der Waals surface area contributed by atoms with Crippen LogP contribution in [0.1, 0.15) is 26.2 Å². The van der Waals surface area contributed by atoms with Gasteiger partial charge in [0.25, 0.3) is 0 Å². The van der Waals surface area contributed by atoms with E-state index in [0.29, 0.717) is 11.8 Å². The van der Waals surface area contributed by atoms with Crippen LogP contribution in [0.2, 0.25) is 0 Å². The molecule has 1 aliphatic rings. The van der Waals surface area contributed by atoms with E-state index in [9.17, 15) is 4.79 Å². The van der Waals surface area contributed by atoms with Crippen LogP contribution in [0.25, 0.3) is 0 Å². The number of carbonyl (C=O) groups excluding carboxylic acids is 1. The van der Waals surface area contributed by atoms with Gasteiger partial charge in [0.1, 0.15) is 0 Å². The molecular formula is C11H22N2O. The van der Waals surface area contributed by atoms with Gasteiger partial charge in [0.2, 0.25) is 5.91 Å². The fourth-order valence-corrected chi connectivity index (χ4v) is 2.19. The highest BCUT2D eigenvalue weighted by atomic mass is 16.2. The first kappa shape index (κ1) is 11.5. The Morgan fingerprint density at radius 2 is 2.21 bits per heavy atom. The smallest absolute Gasteiger partial charge is 0.225 e. The standard InChI is InChI=1S/C11H22N2O/c1-9-5-4-6-10(9)11(14)13(3)8-7-12-2/h9-10,12H,4-8H2,1-3H3. The molecule has 1 fully saturated rings. The molecule has 0 radical (unpaired) electrons. The largest absolute Gasteiger partial charge is 0.344 e. The van der Waals surface area contributed by atoms with Gasteiger partial charge >= 0.3 is 0 Å². The zero-order chi connectivity index (χ0) is 10.6. The second-order valence-corrected chi connectivity index (χ2v) is 4.38. The Morgan fingerprint density at radius 3 is 2.71 bits per heavy atom. The zero-order valence-electron chi connectivity index (χ0n) is 9.55. The normalized spacial score (nSPS) is 26.5. The fraction of sp³-hybridized carbons (Fsp3) is 0.909. The quantitative estimate of drug-likeness (QED) is 0.733. The number of hydrogen-bond acceptors (Lipinski definition) is 2. The predicted molar refractivity (Wildman–Crippen MR) is 58.1 cm³/mol. The Hall–Kier alpha value is -0.570. The second kappa shape index (κ2) is 5.35. The Bertz CT molecular complexity index is 194. The van der Waals surface area contributed by atoms with Gasteiger partial charge in [0.05, 0.1) is 0 Å². The van der Waals surface area contributed by atoms with Gasteiger partial charge in [-0.25, -0.2) is 0 Å². The van der Waals surface area contributed by atoms with Crippen molar-refractivity contribution in [2.45, 2.75) is 26.2 Å². The third-order valence-corrected chi connectivity index (χ3v) is 3.25. The van der Waals surface area contributed by atoms with Gasteiger partial charge in [-0.05, 0) is 25.8 Å². The first-order chi connectivity index (χ1) is 6.66. The fourth-order valence-electron chi connectivity index (χ4n) is 2.19. The van der Waals surface area contributed by atoms with E-state index >= 15 is 0 Å². The molecule has 82 valence electrons. The number of likely N-dealkylation sites (N-methyl/N-ethyl adjacent to an activating group) is 2. The Balaban J connectivity index is 2.39. The molecule has 0 spiro atoms. The van der Waals surface area contributed by atoms with Crippen molar-refractivity contribution >= 4 is 5.91 Å². The van der Waals surface area contributed by atoms with E-state index in [1.807, 2.05) is 19.0 Å². The Morgan fingerprint density at radius 1 is 1.50 bits per heavy atom. The number of carbonyl (C=O) groups is 1. The zero-order valence-corrected chi connectivity index (χ0v) is 9.55. The maximum absolute atomic E-state index is 12.0. The van der Waals surface area contributed by atoms with Crippen LogP contribution >= 0.6 is 0 Å². The van der Waals surface area contributed by atoms with E-state index in [-0.39, 0.29) is 5.92 Å². The third-order valence-electron chi connectivity index (χ3n) is 3.25. The lowest BCUT2D eigenvalue weighted by Crippen LogP contribution is -2.37. The number of rotatable bonds is 4. The highest BCUT2D eigenvalue weighted by Crippen LogP contribution is 2.32. The van der Waals surface area contributed by atoms with Crippen molar-refractivity contribution < 1.29 is 4.79 Å². The van der Waals surface area contributed by atoms with Gasteiger partial charge in [0.15, 0.2) is 0 Å². The monoisotopic (exact) mass is 198 g/mol. The molecule has 1 N–H and O–H groups in total. The topological polar surface area (TPSA) is 32.3 Å². The Labute approximate surface area is 86.9 Å². The molecule has 1 saturated carbocycles. The van der Waals surface area contributed by atoms with Crippen molar-refractivity contribution in [1.82, 2.24) is 10.2 Å². The molecule has 2 unspecified atom stereocenters. The van der Waals surface area contributed by atoms with E-state index in [2.05, 4.69) is 12.2 Å². The van der Waals surface area contributed by atoms with Crippen LogP contribution in [-0.4, -0.2) is 38.0 Å². The lowest BCUT2D eigenvalue weighted by Gasteiger charge is -2.23. The highest BCUT2D eigenvalue weighted by molar-refractivity contribution is 5.79. The van der Waals surface area contributed by atoms with Gasteiger partial charge in [-0.2, -0.15) is 0 Å². The van der Waals surface area contributed by atoms with Gasteiger partial charge in [-0.3, -0.25) is 4.79 Å². The molecule has 3 nitrogen and oxygen atoms in total. The summed E-state index contributed by atoms with van der Waals surface area (Å²) in [6.45, 7) is 3.89. The van der Waals surface area contributed by atoms with Gasteiger partial charge < -0.3 is 10.2 Å². The van der Waals surface area contributed by atoms with Crippen LogP contribution in [0.5, 0.6) is 0 Å². The SMILES string of the molecule is CNCCN(C)C(=O)C1CCCC1C. The summed E-state index contributed by atoms with van der Waals surface area (Å²) in [4.78, 5) is 13.8. The molecule has 1 rings (SSSR count). The van der Waals surface area contributed by atoms with Crippen LogP contribution in [0.15, 0.2) is 0 Å². The summed E-state index contributed by atoms with van der Waals surface area (Å²) in [5.41, 5.74) is 0. The van der Waals surface area contributed by atoms with Gasteiger partial charge in [-0.15, -0.1) is 0 Å². The molecule has 0 aromatic carbocycles. The second-order valence-electron chi connectivity index (χ2n) is 4.38. The van der Waals surface area contributed by atoms with Gasteiger partial charge in [-0.1, -0.05) is 13.3 Å². The minimum absolute atomic E-state index is 0.289. The summed E-state index contributed by atoms with van der Waals surface area (Å²) in [7, 11) is 3.82. The molecule has 0 aliphatic heterocycles. The molecule has 1 aliphatic carbocycles. The molecule has 0 aromatic heterocycles. The summed E-state index contributed by atoms with van der Waals surface area (Å²) in [6, 6.07) is 0. The maximum atomic E-state index is 12.0. The van der Waals surface area contributed by atoms with Crippen molar-refractivity contribution in [2.75, 3.05) is 27.2 Å². The van der Waals surface area contributed by atoms with E-state index in [1.54, 1.807) is 0 Å². The van der Waals surface area contributed by atoms with Crippen molar-refractivity contribution in [2.24, 2.45) is 11.8 Å². The van der Waals surface area contributed by atoms with Crippen LogP contribution in [0.4, 0.5) is 0 Å². The van der Waals surface area contributed by atoms with E-state index in [4.69, 9.17) is 0 Å². The number of amides is 1. The summed E-state index contributed by atoms with van der Waals surface area (Å²) in [5.74, 6) is 1.21. The lowest BCUT2D eigenvalue weighted by molar-refractivity contribution is -0.135. The minimum Gasteiger partial charge on any atom is -0.344 e. The first-order valence-electron chi connectivity index (χ1n) is 5.56. The van der Waals surface area contributed by atoms with Crippen molar-refractivity contribution in [3.8, 4) is 0 Å². The molecule has 0 heterocycles. The van der Waals surface area contributed by atoms with Crippen molar-refractivity contribution in [3.05, 3.63) is 0 Å². The predicted octanol–water partition coefficient (Wildman–Crippen LogP) is 1.10. The van der Waals surface area contributed by atoms with Crippen LogP contribution in [0, 0.1) is 11.8 Å². The number of hydrogen-bond donors (Lipinski definition) is 1. The third kappa shape index (κ3) is 2.71. The van der Waals surface area contributed by atoms with Crippen LogP contribution < -0.4 is 5.32 Å². The molecular weight excluding hydrogens is 176 g/mol. The maximum Gasteiger partial charge on any atom is 0.225 e. The summed E-state index contributed by atoms with van der Waals surface area (Å²) >= 11 is 0. The lowest BCUT2D eigenvalue weighted by atomic mass is 9.97. The Kier molecular flexibility index (Phi) is 4.39. The molecule has 0 aromatic rings. The van der Waals surface area contributed by atoms with E-state index in [1.165, 1.54) is 12.8 Å². The van der Waals surface area contributed by atoms with Crippen LogP contribution in [0.3, 0.4) is 0 Å². The summed E-state index contributed by atoms with van der Waals surface area (Å²) in [5, 5.41) is 3.06. The molecule has 0 saturated heterocycles. The van der Waals surface area contributed by atoms with Gasteiger partial charge in [0, 0.05) is 26.1 Å².